The van der Waals surface area contributed by atoms with Gasteiger partial charge in [-0.1, -0.05) is 27.7 Å². The molecule has 0 aromatic heterocycles. The first-order chi connectivity index (χ1) is 16.2. The molecular weight excluding hydrogens is 460 g/mol. The van der Waals surface area contributed by atoms with Crippen LogP contribution in [0.3, 0.4) is 0 Å². The van der Waals surface area contributed by atoms with Gasteiger partial charge in [-0.05, 0) is 31.6 Å². The molecule has 0 spiro atoms. The number of rotatable bonds is 12. The van der Waals surface area contributed by atoms with Crippen molar-refractivity contribution in [2.24, 2.45) is 23.3 Å². The van der Waals surface area contributed by atoms with Crippen molar-refractivity contribution in [3.8, 4) is 0 Å². The number of amides is 5. The number of carboxylic acids is 1. The van der Waals surface area contributed by atoms with Crippen LogP contribution in [0.2, 0.25) is 0 Å². The molecule has 0 unspecified atom stereocenters. The van der Waals surface area contributed by atoms with Crippen molar-refractivity contribution in [2.75, 3.05) is 6.54 Å². The van der Waals surface area contributed by atoms with Crippen LogP contribution in [-0.4, -0.2) is 82.3 Å². The Morgan fingerprint density at radius 1 is 0.914 bits per heavy atom. The van der Waals surface area contributed by atoms with Gasteiger partial charge in [0.15, 0.2) is 0 Å². The lowest BCUT2D eigenvalue weighted by Crippen LogP contribution is -2.60. The van der Waals surface area contributed by atoms with E-state index < -0.39 is 72.1 Å². The van der Waals surface area contributed by atoms with Gasteiger partial charge in [0.1, 0.15) is 24.2 Å². The van der Waals surface area contributed by atoms with Crippen molar-refractivity contribution in [1.29, 1.82) is 0 Å². The molecule has 5 atom stereocenters. The Bertz CT molecular complexity index is 829. The van der Waals surface area contributed by atoms with Crippen LogP contribution in [0.5, 0.6) is 0 Å². The Morgan fingerprint density at radius 3 is 1.91 bits per heavy atom. The van der Waals surface area contributed by atoms with Gasteiger partial charge >= 0.3 is 5.97 Å². The minimum Gasteiger partial charge on any atom is -0.480 e. The first-order valence-corrected chi connectivity index (χ1v) is 11.7. The zero-order chi connectivity index (χ0) is 27.0. The van der Waals surface area contributed by atoms with Crippen LogP contribution in [0.25, 0.3) is 0 Å². The second-order valence-electron chi connectivity index (χ2n) is 9.51. The van der Waals surface area contributed by atoms with Crippen molar-refractivity contribution in [3.63, 3.8) is 0 Å². The maximum absolute atomic E-state index is 13.4. The maximum Gasteiger partial charge on any atom is 0.326 e. The number of nitrogens with two attached hydrogens (primary N) is 2. The third-order valence-corrected chi connectivity index (χ3v) is 5.75. The number of aliphatic carboxylic acids is 1. The molecule has 1 rings (SSSR count). The van der Waals surface area contributed by atoms with Gasteiger partial charge < -0.3 is 37.4 Å². The van der Waals surface area contributed by atoms with E-state index >= 15 is 0 Å². The molecule has 1 heterocycles. The summed E-state index contributed by atoms with van der Waals surface area (Å²) in [6, 6.07) is -5.22. The quantitative estimate of drug-likeness (QED) is 0.177. The Kier molecular flexibility index (Phi) is 11.1. The average molecular weight is 499 g/mol. The van der Waals surface area contributed by atoms with E-state index in [2.05, 4.69) is 16.0 Å². The van der Waals surface area contributed by atoms with Crippen LogP contribution in [0.15, 0.2) is 0 Å². The molecule has 13 nitrogen and oxygen atoms in total. The number of carbonyl (C=O) groups is 6. The van der Waals surface area contributed by atoms with Crippen LogP contribution in [-0.2, 0) is 28.8 Å². The molecule has 0 saturated carbocycles. The predicted octanol–water partition coefficient (Wildman–Crippen LogP) is -1.95. The highest BCUT2D eigenvalue weighted by atomic mass is 16.4. The zero-order valence-corrected chi connectivity index (χ0v) is 20.9. The average Bonchev–Trinajstić information content (AvgIpc) is 3.23. The fraction of sp³-hybridized carbons (Fsp3) is 0.727. The molecule has 1 fully saturated rings. The van der Waals surface area contributed by atoms with E-state index in [1.165, 1.54) is 11.8 Å². The van der Waals surface area contributed by atoms with Crippen LogP contribution >= 0.6 is 0 Å². The number of nitrogens with one attached hydrogen (secondary N) is 3. The smallest absolute Gasteiger partial charge is 0.326 e. The normalized spacial score (nSPS) is 19.0. The van der Waals surface area contributed by atoms with Crippen molar-refractivity contribution in [2.45, 2.75) is 84.1 Å². The molecule has 13 heteroatoms. The van der Waals surface area contributed by atoms with E-state index in [9.17, 15) is 33.9 Å². The second-order valence-corrected chi connectivity index (χ2v) is 9.51. The van der Waals surface area contributed by atoms with Crippen LogP contribution < -0.4 is 27.4 Å². The van der Waals surface area contributed by atoms with Gasteiger partial charge in [0.2, 0.25) is 29.5 Å². The summed E-state index contributed by atoms with van der Waals surface area (Å²) in [5.74, 6) is -5.25. The summed E-state index contributed by atoms with van der Waals surface area (Å²) in [5, 5.41) is 16.8. The van der Waals surface area contributed by atoms with Crippen molar-refractivity contribution >= 4 is 35.5 Å². The molecular formula is C22H38N6O7. The van der Waals surface area contributed by atoms with Gasteiger partial charge in [0.25, 0.3) is 0 Å². The maximum atomic E-state index is 13.4. The number of likely N-dealkylation sites (tertiary alicyclic amines) is 1. The highest BCUT2D eigenvalue weighted by Gasteiger charge is 2.40. The van der Waals surface area contributed by atoms with Gasteiger partial charge in [0, 0.05) is 6.54 Å². The van der Waals surface area contributed by atoms with Gasteiger partial charge in [-0.15, -0.1) is 0 Å². The van der Waals surface area contributed by atoms with E-state index in [0.717, 1.165) is 0 Å². The SMILES string of the molecule is CC(C)[C@H](NC(=O)[C@H](C)N)C(=O)N[C@H](C(=O)N1CCC[C@H]1C(=O)N[C@@H](CC(N)=O)C(=O)O)C(C)C. The molecule has 198 valence electrons. The van der Waals surface area contributed by atoms with Crippen LogP contribution in [0.4, 0.5) is 0 Å². The van der Waals surface area contributed by atoms with Crippen LogP contribution in [0.1, 0.15) is 53.9 Å². The molecule has 0 aromatic carbocycles. The van der Waals surface area contributed by atoms with E-state index in [1.54, 1.807) is 27.7 Å². The number of hydrogen-bond donors (Lipinski definition) is 6. The molecule has 0 bridgehead atoms. The van der Waals surface area contributed by atoms with Gasteiger partial charge in [-0.3, -0.25) is 24.0 Å². The van der Waals surface area contributed by atoms with E-state index in [1.807, 2.05) is 0 Å². The standard InChI is InChI=1S/C22H38N6O7/c1-10(2)16(26-18(30)12(5)23)20(32)27-17(11(3)4)21(33)28-8-6-7-14(28)19(31)25-13(22(34)35)9-15(24)29/h10-14,16-17H,6-9,23H2,1-5H3,(H2,24,29)(H,25,31)(H,26,30)(H,27,32)(H,34,35)/t12-,13-,14-,16-,17-/m0/s1. The highest BCUT2D eigenvalue weighted by molar-refractivity contribution is 5.96. The van der Waals surface area contributed by atoms with E-state index in [0.29, 0.717) is 6.42 Å². The molecule has 0 aromatic rings. The molecule has 8 N–H and O–H groups in total. The van der Waals surface area contributed by atoms with Gasteiger partial charge in [-0.2, -0.15) is 0 Å². The minimum absolute atomic E-state index is 0.235. The lowest BCUT2D eigenvalue weighted by molar-refractivity contribution is -0.146. The number of carbonyl (C=O) groups excluding carboxylic acids is 5. The van der Waals surface area contributed by atoms with Crippen molar-refractivity contribution < 1.29 is 33.9 Å². The highest BCUT2D eigenvalue weighted by Crippen LogP contribution is 2.21. The summed E-state index contributed by atoms with van der Waals surface area (Å²) in [6.45, 7) is 8.66. The fourth-order valence-corrected chi connectivity index (χ4v) is 3.73. The number of primary amides is 1. The molecule has 5 amide bonds. The Balaban J connectivity index is 3.03. The Hall–Kier alpha value is -3.22. The minimum atomic E-state index is -1.52. The molecule has 0 radical (unpaired) electrons. The lowest BCUT2D eigenvalue weighted by Gasteiger charge is -2.32. The second kappa shape index (κ2) is 13.0. The predicted molar refractivity (Wildman–Crippen MR) is 125 cm³/mol. The summed E-state index contributed by atoms with van der Waals surface area (Å²) >= 11 is 0. The summed E-state index contributed by atoms with van der Waals surface area (Å²) in [7, 11) is 0. The molecule has 1 aliphatic heterocycles. The zero-order valence-electron chi connectivity index (χ0n) is 20.9. The topological polar surface area (TPSA) is 214 Å². The molecule has 1 saturated heterocycles. The Morgan fingerprint density at radius 2 is 1.46 bits per heavy atom. The first kappa shape index (κ1) is 29.8. The van der Waals surface area contributed by atoms with Gasteiger partial charge in [0.05, 0.1) is 12.5 Å². The van der Waals surface area contributed by atoms with Crippen molar-refractivity contribution in [3.05, 3.63) is 0 Å². The number of hydrogen-bond acceptors (Lipinski definition) is 7. The van der Waals surface area contributed by atoms with Crippen LogP contribution in [0, 0.1) is 11.8 Å². The molecule has 35 heavy (non-hydrogen) atoms. The summed E-state index contributed by atoms with van der Waals surface area (Å²) in [6.07, 6.45) is 0.198. The number of nitrogens with zero attached hydrogens (tertiary/aromatic N) is 1. The third-order valence-electron chi connectivity index (χ3n) is 5.75. The summed E-state index contributed by atoms with van der Waals surface area (Å²) in [5.41, 5.74) is 10.6. The van der Waals surface area contributed by atoms with Crippen molar-refractivity contribution in [1.82, 2.24) is 20.9 Å². The monoisotopic (exact) mass is 498 g/mol. The lowest BCUT2D eigenvalue weighted by atomic mass is 9.98. The van der Waals surface area contributed by atoms with E-state index in [-0.39, 0.29) is 24.8 Å². The fourth-order valence-electron chi connectivity index (χ4n) is 3.73. The first-order valence-electron chi connectivity index (χ1n) is 11.7. The third kappa shape index (κ3) is 8.50. The summed E-state index contributed by atoms with van der Waals surface area (Å²) in [4.78, 5) is 75.0. The molecule has 1 aliphatic rings. The Labute approximate surface area is 204 Å². The number of carboxylic acid groups (broad SMARTS) is 1. The summed E-state index contributed by atoms with van der Waals surface area (Å²) < 4.78 is 0. The largest absolute Gasteiger partial charge is 0.480 e. The molecule has 0 aliphatic carbocycles. The van der Waals surface area contributed by atoms with Gasteiger partial charge in [-0.25, -0.2) is 4.79 Å². The van der Waals surface area contributed by atoms with E-state index in [4.69, 9.17) is 11.5 Å².